The van der Waals surface area contributed by atoms with Crippen LogP contribution in [0.1, 0.15) is 5.56 Å². The number of thiazole rings is 1. The maximum atomic E-state index is 7.14. The van der Waals surface area contributed by atoms with Crippen LogP contribution in [0.2, 0.25) is 0 Å². The van der Waals surface area contributed by atoms with E-state index in [1.807, 2.05) is 30.5 Å². The average Bonchev–Trinajstić information content (AvgIpc) is 2.69. The van der Waals surface area contributed by atoms with Crippen molar-refractivity contribution in [3.8, 4) is 11.3 Å². The van der Waals surface area contributed by atoms with E-state index in [0.717, 1.165) is 16.8 Å². The molecule has 0 amide bonds. The summed E-state index contributed by atoms with van der Waals surface area (Å²) in [5.74, 6) is -0.116. The van der Waals surface area contributed by atoms with E-state index >= 15 is 0 Å². The van der Waals surface area contributed by atoms with Crippen LogP contribution in [-0.4, -0.2) is 10.9 Å². The van der Waals surface area contributed by atoms with Crippen molar-refractivity contribution in [3.63, 3.8) is 0 Å². The molecule has 0 bridgehead atoms. The lowest BCUT2D eigenvalue weighted by molar-refractivity contribution is 1.34. The van der Waals surface area contributed by atoms with Crippen LogP contribution in [-0.2, 0) is 0 Å². The van der Waals surface area contributed by atoms with Gasteiger partial charge in [-0.25, -0.2) is 4.98 Å². The summed E-state index contributed by atoms with van der Waals surface area (Å²) in [5.41, 5.74) is 14.7. The van der Waals surface area contributed by atoms with Crippen molar-refractivity contribution < 1.29 is 0 Å². The Kier molecular flexibility index (Phi) is 2.97. The molecule has 6 heteroatoms. The minimum Gasteiger partial charge on any atom is -0.399 e. The number of nitrogens with zero attached hydrogens (tertiary/aromatic N) is 1. The van der Waals surface area contributed by atoms with Gasteiger partial charge in [-0.3, -0.25) is 5.41 Å². The van der Waals surface area contributed by atoms with Gasteiger partial charge in [0.25, 0.3) is 0 Å². The summed E-state index contributed by atoms with van der Waals surface area (Å²) in [6.45, 7) is 2.01. The van der Waals surface area contributed by atoms with Gasteiger partial charge in [0.2, 0.25) is 0 Å². The highest BCUT2D eigenvalue weighted by atomic mass is 32.1. The fourth-order valence-electron chi connectivity index (χ4n) is 1.49. The Labute approximate surface area is 103 Å². The Morgan fingerprint density at radius 1 is 1.47 bits per heavy atom. The van der Waals surface area contributed by atoms with Gasteiger partial charge in [0.1, 0.15) is 0 Å². The van der Waals surface area contributed by atoms with Crippen molar-refractivity contribution in [2.45, 2.75) is 6.92 Å². The molecule has 17 heavy (non-hydrogen) atoms. The van der Waals surface area contributed by atoms with E-state index in [9.17, 15) is 0 Å². The van der Waals surface area contributed by atoms with Gasteiger partial charge in [-0.2, -0.15) is 0 Å². The number of anilines is 2. The van der Waals surface area contributed by atoms with Gasteiger partial charge in [0.05, 0.1) is 5.69 Å². The minimum atomic E-state index is -0.116. The van der Waals surface area contributed by atoms with Crippen LogP contribution >= 0.6 is 11.3 Å². The Balaban J connectivity index is 2.36. The number of hydrogen-bond donors (Lipinski definition) is 4. The van der Waals surface area contributed by atoms with Crippen molar-refractivity contribution in [1.29, 1.82) is 5.41 Å². The van der Waals surface area contributed by atoms with Crippen LogP contribution in [0, 0.1) is 12.3 Å². The first-order chi connectivity index (χ1) is 8.06. The van der Waals surface area contributed by atoms with Crippen molar-refractivity contribution >= 4 is 28.1 Å². The Bertz CT molecular complexity index is 561. The number of rotatable bonds is 2. The normalized spacial score (nSPS) is 10.2. The number of benzene rings is 1. The van der Waals surface area contributed by atoms with Crippen LogP contribution in [0.15, 0.2) is 23.6 Å². The quantitative estimate of drug-likeness (QED) is 0.370. The van der Waals surface area contributed by atoms with Crippen LogP contribution < -0.4 is 16.8 Å². The first-order valence-electron chi connectivity index (χ1n) is 4.99. The summed E-state index contributed by atoms with van der Waals surface area (Å²) in [6, 6.07) is 5.71. The summed E-state index contributed by atoms with van der Waals surface area (Å²) < 4.78 is 0. The zero-order valence-electron chi connectivity index (χ0n) is 9.32. The molecular weight excluding hydrogens is 234 g/mol. The second-order valence-corrected chi connectivity index (χ2v) is 4.51. The van der Waals surface area contributed by atoms with Gasteiger partial charge in [-0.05, 0) is 24.6 Å². The number of aryl methyl sites for hydroxylation is 1. The molecule has 0 fully saturated rings. The maximum Gasteiger partial charge on any atom is 0.192 e. The van der Waals surface area contributed by atoms with Crippen LogP contribution in [0.3, 0.4) is 0 Å². The molecule has 0 radical (unpaired) electrons. The third-order valence-corrected chi connectivity index (χ3v) is 3.04. The molecule has 0 saturated carbocycles. The topological polar surface area (TPSA) is 101 Å². The number of guanidine groups is 1. The van der Waals surface area contributed by atoms with Crippen molar-refractivity contribution in [1.82, 2.24) is 4.98 Å². The predicted octanol–water partition coefficient (Wildman–Crippen LogP) is 2.01. The highest BCUT2D eigenvalue weighted by Gasteiger charge is 2.07. The number of hydrogen-bond acceptors (Lipinski definition) is 4. The van der Waals surface area contributed by atoms with Gasteiger partial charge >= 0.3 is 0 Å². The predicted molar refractivity (Wildman–Crippen MR) is 72.2 cm³/mol. The van der Waals surface area contributed by atoms with Gasteiger partial charge < -0.3 is 16.8 Å². The first kappa shape index (κ1) is 11.4. The van der Waals surface area contributed by atoms with E-state index in [-0.39, 0.29) is 5.96 Å². The second-order valence-electron chi connectivity index (χ2n) is 3.65. The Hall–Kier alpha value is -2.08. The molecule has 1 heterocycles. The zero-order chi connectivity index (χ0) is 12.4. The summed E-state index contributed by atoms with van der Waals surface area (Å²) >= 11 is 1.40. The first-order valence-corrected chi connectivity index (χ1v) is 5.87. The zero-order valence-corrected chi connectivity index (χ0v) is 10.1. The molecule has 6 N–H and O–H groups in total. The summed E-state index contributed by atoms with van der Waals surface area (Å²) in [6.07, 6.45) is 0. The number of nitrogens with one attached hydrogen (secondary N) is 2. The molecule has 1 aromatic heterocycles. The van der Waals surface area contributed by atoms with Gasteiger partial charge in [0, 0.05) is 16.6 Å². The Morgan fingerprint density at radius 3 is 2.94 bits per heavy atom. The third kappa shape index (κ3) is 2.54. The molecule has 0 aliphatic heterocycles. The molecule has 0 aliphatic rings. The smallest absolute Gasteiger partial charge is 0.192 e. The molecule has 0 aliphatic carbocycles. The lowest BCUT2D eigenvalue weighted by Crippen LogP contribution is -2.20. The highest BCUT2D eigenvalue weighted by molar-refractivity contribution is 7.14. The highest BCUT2D eigenvalue weighted by Crippen LogP contribution is 2.28. The van der Waals surface area contributed by atoms with Crippen LogP contribution in [0.25, 0.3) is 11.3 Å². The fourth-order valence-corrected chi connectivity index (χ4v) is 2.21. The van der Waals surface area contributed by atoms with Crippen LogP contribution in [0.4, 0.5) is 10.8 Å². The molecule has 5 nitrogen and oxygen atoms in total. The molecule has 0 atom stereocenters. The lowest BCUT2D eigenvalue weighted by Gasteiger charge is -2.03. The molecule has 0 saturated heterocycles. The SMILES string of the molecule is Cc1ccc(N)cc1-c1csc(NC(=N)N)n1. The number of aromatic nitrogens is 1. The largest absolute Gasteiger partial charge is 0.399 e. The van der Waals surface area contributed by atoms with Gasteiger partial charge in [-0.15, -0.1) is 11.3 Å². The molecule has 2 rings (SSSR count). The fraction of sp³-hybridized carbons (Fsp3) is 0.0909. The van der Waals surface area contributed by atoms with Crippen molar-refractivity contribution in [2.24, 2.45) is 5.73 Å². The summed E-state index contributed by atoms with van der Waals surface area (Å²) in [4.78, 5) is 4.35. The summed E-state index contributed by atoms with van der Waals surface area (Å²) in [7, 11) is 0. The number of nitrogen functional groups attached to an aromatic ring is 1. The monoisotopic (exact) mass is 247 g/mol. The number of nitrogens with two attached hydrogens (primary N) is 2. The van der Waals surface area contributed by atoms with E-state index in [2.05, 4.69) is 10.3 Å². The molecule has 0 unspecified atom stereocenters. The van der Waals surface area contributed by atoms with Crippen molar-refractivity contribution in [3.05, 3.63) is 29.1 Å². The molecule has 88 valence electrons. The van der Waals surface area contributed by atoms with E-state index in [1.54, 1.807) is 0 Å². The van der Waals surface area contributed by atoms with E-state index in [4.69, 9.17) is 16.9 Å². The molecular formula is C11H13N5S. The van der Waals surface area contributed by atoms with Crippen LogP contribution in [0.5, 0.6) is 0 Å². The summed E-state index contributed by atoms with van der Waals surface area (Å²) in [5, 5.41) is 12.3. The van der Waals surface area contributed by atoms with E-state index in [1.165, 1.54) is 11.3 Å². The molecule has 0 spiro atoms. The third-order valence-electron chi connectivity index (χ3n) is 2.28. The lowest BCUT2D eigenvalue weighted by atomic mass is 10.1. The standard InChI is InChI=1S/C11H13N5S/c1-6-2-3-7(12)4-8(6)9-5-17-11(15-9)16-10(13)14/h2-5H,12H2,1H3,(H4,13,14,15,16). The maximum absolute atomic E-state index is 7.14. The van der Waals surface area contributed by atoms with Gasteiger partial charge in [-0.1, -0.05) is 6.07 Å². The van der Waals surface area contributed by atoms with E-state index in [0.29, 0.717) is 10.8 Å². The molecule has 1 aromatic carbocycles. The molecule has 2 aromatic rings. The Morgan fingerprint density at radius 2 is 2.24 bits per heavy atom. The van der Waals surface area contributed by atoms with E-state index < -0.39 is 0 Å². The average molecular weight is 247 g/mol. The minimum absolute atomic E-state index is 0.116. The van der Waals surface area contributed by atoms with Crippen molar-refractivity contribution in [2.75, 3.05) is 11.1 Å². The van der Waals surface area contributed by atoms with Gasteiger partial charge in [0.15, 0.2) is 11.1 Å². The second kappa shape index (κ2) is 4.42.